The maximum atomic E-state index is 13.0. The summed E-state index contributed by atoms with van der Waals surface area (Å²) in [6.07, 6.45) is -0.747. The highest BCUT2D eigenvalue weighted by Gasteiger charge is 2.35. The minimum absolute atomic E-state index is 0.178. The first-order valence-electron chi connectivity index (χ1n) is 10.2. The minimum Gasteiger partial charge on any atom is -0.464 e. The Morgan fingerprint density at radius 1 is 1.30 bits per heavy atom. The van der Waals surface area contributed by atoms with Crippen LogP contribution in [0.3, 0.4) is 0 Å². The number of likely N-dealkylation sites (tertiary alicyclic amines) is 1. The molecule has 0 bridgehead atoms. The van der Waals surface area contributed by atoms with Gasteiger partial charge in [0.1, 0.15) is 0 Å². The predicted octanol–water partition coefficient (Wildman–Crippen LogP) is 4.75. The minimum atomic E-state index is -4.39. The lowest BCUT2D eigenvalue weighted by atomic mass is 10.0. The van der Waals surface area contributed by atoms with Gasteiger partial charge in [-0.15, -0.1) is 15.6 Å². The molecule has 33 heavy (non-hydrogen) atoms. The van der Waals surface area contributed by atoms with Crippen molar-refractivity contribution in [1.29, 1.82) is 0 Å². The Balaban J connectivity index is 1.50. The number of rotatable bonds is 7. The number of anilines is 2. The number of nitrogens with zero attached hydrogens (tertiary/aromatic N) is 3. The van der Waals surface area contributed by atoms with E-state index in [1.807, 2.05) is 18.2 Å². The molecule has 2 aromatic carbocycles. The summed E-state index contributed by atoms with van der Waals surface area (Å²) < 4.78 is 26.2. The Morgan fingerprint density at radius 2 is 2.06 bits per heavy atom. The third-order valence-corrected chi connectivity index (χ3v) is 8.08. The van der Waals surface area contributed by atoms with Crippen LogP contribution in [-0.4, -0.2) is 48.1 Å². The maximum Gasteiger partial charge on any atom is 0.427 e. The molecule has 1 amide bonds. The zero-order valence-electron chi connectivity index (χ0n) is 17.8. The lowest BCUT2D eigenvalue weighted by Crippen LogP contribution is -2.38. The van der Waals surface area contributed by atoms with E-state index < -0.39 is 16.1 Å². The second kappa shape index (κ2) is 9.30. The predicted molar refractivity (Wildman–Crippen MR) is 130 cm³/mol. The quantitative estimate of drug-likeness (QED) is 0.476. The Labute approximate surface area is 201 Å². The number of hydrogen-bond donors (Lipinski definition) is 2. The molecule has 0 aliphatic carbocycles. The fourth-order valence-electron chi connectivity index (χ4n) is 3.95. The van der Waals surface area contributed by atoms with Crippen molar-refractivity contribution in [3.8, 4) is 0 Å². The number of carbonyl (C=O) groups is 1. The molecule has 8 nitrogen and oxygen atoms in total. The van der Waals surface area contributed by atoms with Gasteiger partial charge in [-0.1, -0.05) is 41.9 Å². The lowest BCUT2D eigenvalue weighted by Gasteiger charge is -2.28. The highest BCUT2D eigenvalue weighted by atomic mass is 35.5. The molecule has 4 rings (SSSR count). The fraction of sp³-hybridized carbons (Fsp3) is 0.273. The summed E-state index contributed by atoms with van der Waals surface area (Å²) in [4.78, 5) is 17.6. The van der Waals surface area contributed by atoms with Crippen molar-refractivity contribution in [2.45, 2.75) is 30.3 Å². The van der Waals surface area contributed by atoms with Crippen LogP contribution in [0.2, 0.25) is 5.02 Å². The molecule has 0 spiro atoms. The van der Waals surface area contributed by atoms with Crippen molar-refractivity contribution < 1.29 is 18.3 Å². The summed E-state index contributed by atoms with van der Waals surface area (Å²) in [6.45, 7) is 4.68. The van der Waals surface area contributed by atoms with E-state index in [4.69, 9.17) is 11.6 Å². The molecule has 0 radical (unpaired) electrons. The van der Waals surface area contributed by atoms with Crippen LogP contribution in [0.25, 0.3) is 0 Å². The molecule has 1 unspecified atom stereocenters. The van der Waals surface area contributed by atoms with Gasteiger partial charge >= 0.3 is 6.09 Å². The van der Waals surface area contributed by atoms with Crippen molar-refractivity contribution in [2.24, 2.45) is 0 Å². The van der Waals surface area contributed by atoms with Gasteiger partial charge < -0.3 is 10.4 Å². The monoisotopic (exact) mass is 506 g/mol. The van der Waals surface area contributed by atoms with E-state index in [2.05, 4.69) is 34.3 Å². The standard InChI is InChI=1S/C22H23ClN4O4S2/c1-22(9-10-26(14-22)12-16-5-3-2-4-6-16)25-19-8-7-17(11-18(19)23)33(30,31)27(21(28)29)20-13-32-15-24-20/h2-8,11,13,15,25H,9-10,12,14H2,1H3,(H,28,29). The van der Waals surface area contributed by atoms with Gasteiger partial charge in [0.25, 0.3) is 10.0 Å². The molecule has 2 heterocycles. The zero-order valence-corrected chi connectivity index (χ0v) is 20.2. The van der Waals surface area contributed by atoms with Crippen molar-refractivity contribution >= 4 is 50.6 Å². The highest BCUT2D eigenvalue weighted by molar-refractivity contribution is 7.93. The molecule has 174 valence electrons. The summed E-state index contributed by atoms with van der Waals surface area (Å²) in [6, 6.07) is 14.4. The number of aromatic nitrogens is 1. The Morgan fingerprint density at radius 3 is 2.70 bits per heavy atom. The molecule has 1 aromatic heterocycles. The van der Waals surface area contributed by atoms with E-state index in [0.717, 1.165) is 37.4 Å². The van der Waals surface area contributed by atoms with Gasteiger partial charge in [-0.25, -0.2) is 18.2 Å². The third-order valence-electron chi connectivity index (χ3n) is 5.52. The second-order valence-corrected chi connectivity index (χ2v) is 11.1. The summed E-state index contributed by atoms with van der Waals surface area (Å²) in [5, 5.41) is 14.5. The molecule has 2 N–H and O–H groups in total. The van der Waals surface area contributed by atoms with Gasteiger partial charge in [-0.2, -0.15) is 0 Å². The molecular weight excluding hydrogens is 484 g/mol. The average Bonchev–Trinajstić information content (AvgIpc) is 3.40. The fourth-order valence-corrected chi connectivity index (χ4v) is 6.10. The Kier molecular flexibility index (Phi) is 6.62. The van der Waals surface area contributed by atoms with Gasteiger partial charge in [-0.3, -0.25) is 4.90 Å². The molecule has 1 aliphatic rings. The number of hydrogen-bond acceptors (Lipinski definition) is 7. The van der Waals surface area contributed by atoms with E-state index in [1.54, 1.807) is 6.07 Å². The van der Waals surface area contributed by atoms with Crippen molar-refractivity contribution in [3.63, 3.8) is 0 Å². The third kappa shape index (κ3) is 5.14. The van der Waals surface area contributed by atoms with E-state index in [0.29, 0.717) is 5.69 Å². The highest BCUT2D eigenvalue weighted by Crippen LogP contribution is 2.33. The van der Waals surface area contributed by atoms with Crippen molar-refractivity contribution in [3.05, 3.63) is 70.0 Å². The summed E-state index contributed by atoms with van der Waals surface area (Å²) in [5.74, 6) is -0.178. The van der Waals surface area contributed by atoms with Crippen LogP contribution in [0, 0.1) is 0 Å². The number of thiazole rings is 1. The van der Waals surface area contributed by atoms with Crippen molar-refractivity contribution in [1.82, 2.24) is 9.88 Å². The van der Waals surface area contributed by atoms with Crippen LogP contribution >= 0.6 is 22.9 Å². The van der Waals surface area contributed by atoms with E-state index in [1.165, 1.54) is 28.6 Å². The number of nitrogens with one attached hydrogen (secondary N) is 1. The van der Waals surface area contributed by atoms with Gasteiger partial charge in [0, 0.05) is 30.6 Å². The van der Waals surface area contributed by atoms with Crippen LogP contribution in [0.5, 0.6) is 0 Å². The Bertz CT molecular complexity index is 1240. The smallest absolute Gasteiger partial charge is 0.427 e. The SMILES string of the molecule is CC1(Nc2ccc(S(=O)(=O)N(C(=O)O)c3cscn3)cc2Cl)CCN(Cc2ccccc2)C1. The van der Waals surface area contributed by atoms with Gasteiger partial charge in [0.05, 0.1) is 21.1 Å². The molecule has 0 saturated carbocycles. The number of sulfonamides is 1. The second-order valence-electron chi connectivity index (χ2n) is 8.17. The first kappa shape index (κ1) is 23.5. The largest absolute Gasteiger partial charge is 0.464 e. The maximum absolute atomic E-state index is 13.0. The van der Waals surface area contributed by atoms with E-state index >= 15 is 0 Å². The number of carboxylic acid groups (broad SMARTS) is 1. The first-order valence-corrected chi connectivity index (χ1v) is 12.9. The van der Waals surface area contributed by atoms with Crippen LogP contribution in [0.1, 0.15) is 18.9 Å². The van der Waals surface area contributed by atoms with E-state index in [9.17, 15) is 18.3 Å². The van der Waals surface area contributed by atoms with Gasteiger partial charge in [-0.05, 0) is 37.1 Å². The number of benzene rings is 2. The topological polar surface area (TPSA) is 103 Å². The lowest BCUT2D eigenvalue weighted by molar-refractivity contribution is 0.206. The number of amides is 1. The van der Waals surface area contributed by atoms with E-state index in [-0.39, 0.29) is 25.6 Å². The molecule has 1 saturated heterocycles. The number of halogens is 1. The summed E-state index contributed by atoms with van der Waals surface area (Å²) in [7, 11) is -4.39. The summed E-state index contributed by atoms with van der Waals surface area (Å²) in [5.41, 5.74) is 2.96. The molecular formula is C22H23ClN4O4S2. The van der Waals surface area contributed by atoms with Crippen molar-refractivity contribution in [2.75, 3.05) is 22.7 Å². The molecule has 1 fully saturated rings. The van der Waals surface area contributed by atoms with Crippen LogP contribution in [0.4, 0.5) is 16.3 Å². The molecule has 1 aliphatic heterocycles. The van der Waals surface area contributed by atoms with Crippen LogP contribution in [0.15, 0.2) is 64.3 Å². The molecule has 1 atom stereocenters. The normalized spacial score (nSPS) is 18.8. The van der Waals surface area contributed by atoms with Crippen LogP contribution < -0.4 is 9.62 Å². The van der Waals surface area contributed by atoms with Gasteiger partial charge in [0.2, 0.25) is 0 Å². The summed E-state index contributed by atoms with van der Waals surface area (Å²) >= 11 is 7.53. The van der Waals surface area contributed by atoms with Crippen LogP contribution in [-0.2, 0) is 16.6 Å². The molecule has 3 aromatic rings. The zero-order chi connectivity index (χ0) is 23.6. The Hall–Kier alpha value is -2.66. The van der Waals surface area contributed by atoms with Gasteiger partial charge in [0.15, 0.2) is 5.82 Å². The first-order chi connectivity index (χ1) is 15.7. The average molecular weight is 507 g/mol. The molecule has 11 heteroatoms.